The van der Waals surface area contributed by atoms with Gasteiger partial charge in [-0.15, -0.1) is 0 Å². The maximum Gasteiger partial charge on any atom is 0.0599 e. The molecule has 0 spiro atoms. The summed E-state index contributed by atoms with van der Waals surface area (Å²) < 4.78 is 0. The Balaban J connectivity index is 1.88. The number of nitrogens with one attached hydrogen (secondary N) is 4. The molecule has 0 aliphatic carbocycles. The minimum Gasteiger partial charge on any atom is -0.395 e. The second-order valence-corrected chi connectivity index (χ2v) is 6.06. The van der Waals surface area contributed by atoms with Crippen LogP contribution in [0.4, 0.5) is 0 Å². The van der Waals surface area contributed by atoms with Crippen molar-refractivity contribution in [3.63, 3.8) is 0 Å². The molecule has 2 heterocycles. The predicted molar refractivity (Wildman–Crippen MR) is 81.8 cm³/mol. The summed E-state index contributed by atoms with van der Waals surface area (Å²) in [6, 6.07) is 1.26. The molecule has 0 aromatic rings. The molecule has 2 bridgehead atoms. The Morgan fingerprint density at radius 2 is 2.05 bits per heavy atom. The van der Waals surface area contributed by atoms with Gasteiger partial charge in [-0.2, -0.15) is 0 Å². The van der Waals surface area contributed by atoms with E-state index in [1.807, 2.05) is 0 Å². The SMILES string of the molecule is CC1CNCCNC2CCCN(C2)C(CO)CNCN1. The Morgan fingerprint density at radius 1 is 1.15 bits per heavy atom. The van der Waals surface area contributed by atoms with Gasteiger partial charge in [0, 0.05) is 57.5 Å². The highest BCUT2D eigenvalue weighted by atomic mass is 16.3. The van der Waals surface area contributed by atoms with Crippen LogP contribution < -0.4 is 21.3 Å². The first kappa shape index (κ1) is 16.1. The number of fused-ring (bicyclic) bond motifs is 2. The summed E-state index contributed by atoms with van der Waals surface area (Å²) in [5, 5.41) is 23.6. The zero-order valence-electron chi connectivity index (χ0n) is 12.7. The summed E-state index contributed by atoms with van der Waals surface area (Å²) in [5.74, 6) is 0. The second kappa shape index (κ2) is 8.92. The molecule has 5 N–H and O–H groups in total. The highest BCUT2D eigenvalue weighted by Gasteiger charge is 2.25. The molecule has 6 nitrogen and oxygen atoms in total. The monoisotopic (exact) mass is 285 g/mol. The molecule has 0 amide bonds. The number of hydrogen-bond donors (Lipinski definition) is 5. The topological polar surface area (TPSA) is 71.6 Å². The third-order valence-electron chi connectivity index (χ3n) is 4.32. The van der Waals surface area contributed by atoms with E-state index in [2.05, 4.69) is 33.1 Å². The summed E-state index contributed by atoms with van der Waals surface area (Å²) in [5.41, 5.74) is 0. The van der Waals surface area contributed by atoms with E-state index >= 15 is 0 Å². The van der Waals surface area contributed by atoms with Crippen LogP contribution in [0.2, 0.25) is 0 Å². The zero-order chi connectivity index (χ0) is 14.2. The van der Waals surface area contributed by atoms with E-state index < -0.39 is 0 Å². The Bertz CT molecular complexity index is 266. The van der Waals surface area contributed by atoms with Crippen LogP contribution in [-0.2, 0) is 0 Å². The highest BCUT2D eigenvalue weighted by molar-refractivity contribution is 4.84. The van der Waals surface area contributed by atoms with Gasteiger partial charge in [-0.25, -0.2) is 0 Å². The van der Waals surface area contributed by atoms with Crippen molar-refractivity contribution in [3.05, 3.63) is 0 Å². The molecule has 2 aliphatic rings. The number of rotatable bonds is 1. The maximum absolute atomic E-state index is 9.63. The minimum absolute atomic E-state index is 0.233. The van der Waals surface area contributed by atoms with Gasteiger partial charge in [0.2, 0.25) is 0 Å². The van der Waals surface area contributed by atoms with Crippen LogP contribution in [-0.4, -0.2) is 80.7 Å². The second-order valence-electron chi connectivity index (χ2n) is 6.06. The molecule has 4 atom stereocenters. The quantitative estimate of drug-likeness (QED) is 0.405. The molecule has 4 unspecified atom stereocenters. The van der Waals surface area contributed by atoms with Crippen LogP contribution in [0.25, 0.3) is 0 Å². The Labute approximate surface area is 122 Å². The summed E-state index contributed by atoms with van der Waals surface area (Å²) >= 11 is 0. The number of piperidine rings is 1. The molecule has 20 heavy (non-hydrogen) atoms. The summed E-state index contributed by atoms with van der Waals surface area (Å²) in [6.07, 6.45) is 2.47. The number of aliphatic hydroxyl groups is 1. The molecule has 6 heteroatoms. The molecule has 0 radical (unpaired) electrons. The van der Waals surface area contributed by atoms with Crippen LogP contribution in [0, 0.1) is 0 Å². The molecule has 2 aliphatic heterocycles. The molecule has 0 aromatic heterocycles. The lowest BCUT2D eigenvalue weighted by Crippen LogP contribution is -2.55. The summed E-state index contributed by atoms with van der Waals surface area (Å²) in [4.78, 5) is 2.43. The molecule has 0 saturated carbocycles. The van der Waals surface area contributed by atoms with Gasteiger partial charge in [-0.1, -0.05) is 0 Å². The van der Waals surface area contributed by atoms with Crippen LogP contribution in [0.3, 0.4) is 0 Å². The fourth-order valence-electron chi connectivity index (χ4n) is 3.05. The molecular weight excluding hydrogens is 254 g/mol. The van der Waals surface area contributed by atoms with E-state index in [9.17, 15) is 5.11 Å². The van der Waals surface area contributed by atoms with Crippen molar-refractivity contribution in [2.75, 3.05) is 52.5 Å². The van der Waals surface area contributed by atoms with Gasteiger partial charge in [0.05, 0.1) is 6.61 Å². The van der Waals surface area contributed by atoms with Crippen molar-refractivity contribution in [3.8, 4) is 0 Å². The van der Waals surface area contributed by atoms with E-state index in [4.69, 9.17) is 0 Å². The fraction of sp³-hybridized carbons (Fsp3) is 1.00. The van der Waals surface area contributed by atoms with Gasteiger partial charge in [-0.05, 0) is 26.3 Å². The van der Waals surface area contributed by atoms with Gasteiger partial charge in [0.15, 0.2) is 0 Å². The molecular formula is C14H31N5O. The number of aliphatic hydroxyl groups excluding tert-OH is 1. The van der Waals surface area contributed by atoms with Gasteiger partial charge in [0.25, 0.3) is 0 Å². The van der Waals surface area contributed by atoms with E-state index in [1.54, 1.807) is 0 Å². The van der Waals surface area contributed by atoms with E-state index in [-0.39, 0.29) is 12.6 Å². The third kappa shape index (κ3) is 5.27. The first-order chi connectivity index (χ1) is 9.79. The van der Waals surface area contributed by atoms with Crippen molar-refractivity contribution in [1.29, 1.82) is 0 Å². The van der Waals surface area contributed by atoms with Crippen molar-refractivity contribution < 1.29 is 5.11 Å². The molecule has 2 saturated heterocycles. The average Bonchev–Trinajstić information content (AvgIpc) is 2.46. The van der Waals surface area contributed by atoms with Crippen LogP contribution >= 0.6 is 0 Å². The van der Waals surface area contributed by atoms with Crippen LogP contribution in [0.1, 0.15) is 19.8 Å². The number of nitrogens with zero attached hydrogens (tertiary/aromatic N) is 1. The first-order valence-corrected chi connectivity index (χ1v) is 8.02. The van der Waals surface area contributed by atoms with Gasteiger partial charge >= 0.3 is 0 Å². The Hall–Kier alpha value is -0.240. The lowest BCUT2D eigenvalue weighted by molar-refractivity contribution is 0.0879. The third-order valence-corrected chi connectivity index (χ3v) is 4.32. The smallest absolute Gasteiger partial charge is 0.0599 e. The first-order valence-electron chi connectivity index (χ1n) is 8.02. The average molecular weight is 285 g/mol. The maximum atomic E-state index is 9.63. The number of hydrogen-bond acceptors (Lipinski definition) is 6. The predicted octanol–water partition coefficient (Wildman–Crippen LogP) is -1.47. The van der Waals surface area contributed by atoms with Gasteiger partial charge < -0.3 is 26.4 Å². The van der Waals surface area contributed by atoms with E-state index in [1.165, 1.54) is 12.8 Å². The van der Waals surface area contributed by atoms with Gasteiger partial charge in [0.1, 0.15) is 0 Å². The van der Waals surface area contributed by atoms with Gasteiger partial charge in [-0.3, -0.25) is 4.90 Å². The highest BCUT2D eigenvalue weighted by Crippen LogP contribution is 2.12. The van der Waals surface area contributed by atoms with E-state index in [0.29, 0.717) is 12.1 Å². The molecule has 2 fully saturated rings. The van der Waals surface area contributed by atoms with Crippen LogP contribution in [0.5, 0.6) is 0 Å². The lowest BCUT2D eigenvalue weighted by Gasteiger charge is -2.38. The molecule has 0 aromatic carbocycles. The normalized spacial score (nSPS) is 38.1. The van der Waals surface area contributed by atoms with Crippen molar-refractivity contribution >= 4 is 0 Å². The van der Waals surface area contributed by atoms with Crippen molar-refractivity contribution in [1.82, 2.24) is 26.2 Å². The fourth-order valence-corrected chi connectivity index (χ4v) is 3.05. The minimum atomic E-state index is 0.233. The lowest BCUT2D eigenvalue weighted by atomic mass is 10.0. The molecule has 118 valence electrons. The van der Waals surface area contributed by atoms with E-state index in [0.717, 1.165) is 45.9 Å². The Morgan fingerprint density at radius 3 is 2.90 bits per heavy atom. The van der Waals surface area contributed by atoms with Crippen molar-refractivity contribution in [2.24, 2.45) is 0 Å². The standard InChI is InChI=1S/C14H31N5O/c1-12-7-15-4-5-17-13-3-2-6-19(9-13)14(10-20)8-16-11-18-12/h12-18,20H,2-11H2,1H3. The zero-order valence-corrected chi connectivity index (χ0v) is 12.7. The summed E-state index contributed by atoms with van der Waals surface area (Å²) in [6.45, 7) is 9.25. The van der Waals surface area contributed by atoms with Crippen LogP contribution in [0.15, 0.2) is 0 Å². The Kier molecular flexibility index (Phi) is 7.19. The van der Waals surface area contributed by atoms with Crippen molar-refractivity contribution in [2.45, 2.75) is 37.9 Å². The largest absolute Gasteiger partial charge is 0.395 e. The molecule has 2 rings (SSSR count). The summed E-state index contributed by atoms with van der Waals surface area (Å²) in [7, 11) is 0.